The summed E-state index contributed by atoms with van der Waals surface area (Å²) in [6.45, 7) is 1.03. The molecule has 2 amide bonds. The van der Waals surface area contributed by atoms with Gasteiger partial charge in [-0.25, -0.2) is 0 Å². The molecule has 2 aromatic rings. The third-order valence-electron chi connectivity index (χ3n) is 5.18. The molecule has 1 spiro atoms. The van der Waals surface area contributed by atoms with Crippen LogP contribution in [0.3, 0.4) is 0 Å². The molecule has 1 fully saturated rings. The molecule has 0 radical (unpaired) electrons. The van der Waals surface area contributed by atoms with Gasteiger partial charge in [-0.15, -0.1) is 0 Å². The lowest BCUT2D eigenvalue weighted by Crippen LogP contribution is -2.52. The minimum absolute atomic E-state index is 0.0443. The summed E-state index contributed by atoms with van der Waals surface area (Å²) >= 11 is 6.04. The number of hydrogen-bond acceptors (Lipinski definition) is 4. The van der Waals surface area contributed by atoms with E-state index in [9.17, 15) is 9.59 Å². The van der Waals surface area contributed by atoms with E-state index in [1.807, 2.05) is 12.1 Å². The first-order valence-electron chi connectivity index (χ1n) is 9.11. The van der Waals surface area contributed by atoms with Gasteiger partial charge < -0.3 is 15.0 Å². The highest BCUT2D eigenvalue weighted by Crippen LogP contribution is 2.30. The molecule has 7 heteroatoms. The van der Waals surface area contributed by atoms with Crippen LogP contribution in [0.4, 0.5) is 0 Å². The van der Waals surface area contributed by atoms with Crippen LogP contribution in [0.25, 0.3) is 0 Å². The number of likely N-dealkylation sites (tertiary alicyclic amines) is 1. The average molecular weight is 398 g/mol. The Kier molecular flexibility index (Phi) is 4.81. The quantitative estimate of drug-likeness (QED) is 0.865. The molecule has 144 valence electrons. The van der Waals surface area contributed by atoms with E-state index in [0.29, 0.717) is 53.5 Å². The number of carbonyl (C=O) groups is 2. The van der Waals surface area contributed by atoms with E-state index >= 15 is 0 Å². The van der Waals surface area contributed by atoms with Crippen LogP contribution < -0.4 is 10.1 Å². The highest BCUT2D eigenvalue weighted by atomic mass is 35.5. The van der Waals surface area contributed by atoms with E-state index in [1.165, 1.54) is 0 Å². The Labute approximate surface area is 168 Å². The van der Waals surface area contributed by atoms with Crippen molar-refractivity contribution in [1.82, 2.24) is 10.2 Å². The van der Waals surface area contributed by atoms with Gasteiger partial charge in [-0.2, -0.15) is 0 Å². The number of hydrogen-bond donors (Lipinski definition) is 1. The SMILES string of the molecule is COc1cccc(C(=O)N2CCC3(CC2)N=C(c2cccc(Cl)c2)C(=O)N3)c1. The monoisotopic (exact) mass is 397 g/mol. The molecule has 6 nitrogen and oxygen atoms in total. The Morgan fingerprint density at radius 3 is 2.64 bits per heavy atom. The summed E-state index contributed by atoms with van der Waals surface area (Å²) in [5.41, 5.74) is 1.04. The molecule has 2 aliphatic heterocycles. The van der Waals surface area contributed by atoms with Crippen LogP contribution in [0.2, 0.25) is 5.02 Å². The van der Waals surface area contributed by atoms with Crippen molar-refractivity contribution in [3.8, 4) is 5.75 Å². The van der Waals surface area contributed by atoms with Gasteiger partial charge in [0.25, 0.3) is 11.8 Å². The maximum Gasteiger partial charge on any atom is 0.272 e. The van der Waals surface area contributed by atoms with Gasteiger partial charge in [0.15, 0.2) is 0 Å². The summed E-state index contributed by atoms with van der Waals surface area (Å²) in [5, 5.41) is 3.57. The van der Waals surface area contributed by atoms with Crippen LogP contribution in [0, 0.1) is 0 Å². The number of amides is 2. The largest absolute Gasteiger partial charge is 0.497 e. The Hall–Kier alpha value is -2.86. The van der Waals surface area contributed by atoms with Gasteiger partial charge in [-0.05, 0) is 30.3 Å². The summed E-state index contributed by atoms with van der Waals surface area (Å²) in [5.74, 6) is 0.408. The molecule has 0 bridgehead atoms. The predicted octanol–water partition coefficient (Wildman–Crippen LogP) is 2.90. The molecule has 2 aliphatic rings. The van der Waals surface area contributed by atoms with Crippen LogP contribution in [0.5, 0.6) is 5.75 Å². The molecule has 2 heterocycles. The summed E-state index contributed by atoms with van der Waals surface area (Å²) in [6.07, 6.45) is 1.14. The molecular formula is C21H20ClN3O3. The average Bonchev–Trinajstić information content (AvgIpc) is 3.04. The van der Waals surface area contributed by atoms with Crippen LogP contribution in [-0.4, -0.2) is 48.3 Å². The van der Waals surface area contributed by atoms with E-state index < -0.39 is 5.66 Å². The molecule has 28 heavy (non-hydrogen) atoms. The Balaban J connectivity index is 1.49. The Morgan fingerprint density at radius 2 is 1.93 bits per heavy atom. The number of nitrogens with one attached hydrogen (secondary N) is 1. The molecule has 2 aromatic carbocycles. The zero-order valence-corrected chi connectivity index (χ0v) is 16.2. The fourth-order valence-corrected chi connectivity index (χ4v) is 3.84. The molecule has 1 N–H and O–H groups in total. The van der Waals surface area contributed by atoms with Gasteiger partial charge in [0.05, 0.1) is 7.11 Å². The number of halogens is 1. The molecule has 0 aromatic heterocycles. The van der Waals surface area contributed by atoms with Gasteiger partial charge in [0, 0.05) is 42.1 Å². The Bertz CT molecular complexity index is 965. The van der Waals surface area contributed by atoms with Gasteiger partial charge >= 0.3 is 0 Å². The lowest BCUT2D eigenvalue weighted by molar-refractivity contribution is -0.115. The number of carbonyl (C=O) groups excluding carboxylic acids is 2. The third kappa shape index (κ3) is 3.47. The topological polar surface area (TPSA) is 71.0 Å². The zero-order valence-electron chi connectivity index (χ0n) is 15.4. The van der Waals surface area contributed by atoms with E-state index in [0.717, 1.165) is 0 Å². The lowest BCUT2D eigenvalue weighted by Gasteiger charge is -2.37. The van der Waals surface area contributed by atoms with Crippen LogP contribution >= 0.6 is 11.6 Å². The second kappa shape index (κ2) is 7.28. The van der Waals surface area contributed by atoms with Crippen molar-refractivity contribution in [2.45, 2.75) is 18.5 Å². The molecule has 4 rings (SSSR count). The number of nitrogens with zero attached hydrogens (tertiary/aromatic N) is 2. The highest BCUT2D eigenvalue weighted by molar-refractivity contribution is 6.47. The van der Waals surface area contributed by atoms with Crippen LogP contribution in [0.1, 0.15) is 28.8 Å². The molecule has 1 saturated heterocycles. The fraction of sp³-hybridized carbons (Fsp3) is 0.286. The number of piperidine rings is 1. The number of benzene rings is 2. The van der Waals surface area contributed by atoms with Crippen molar-refractivity contribution >= 4 is 29.1 Å². The molecule has 0 unspecified atom stereocenters. The normalized spacial score (nSPS) is 18.0. The summed E-state index contributed by atoms with van der Waals surface area (Å²) in [7, 11) is 1.58. The molecule has 0 aliphatic carbocycles. The van der Waals surface area contributed by atoms with Gasteiger partial charge in [0.1, 0.15) is 17.1 Å². The highest BCUT2D eigenvalue weighted by Gasteiger charge is 2.43. The summed E-state index contributed by atoms with van der Waals surface area (Å²) in [6, 6.07) is 14.2. The Morgan fingerprint density at radius 1 is 1.18 bits per heavy atom. The van der Waals surface area contributed by atoms with Crippen molar-refractivity contribution in [3.05, 3.63) is 64.7 Å². The molecule has 0 saturated carbocycles. The second-order valence-electron chi connectivity index (χ2n) is 6.98. The lowest BCUT2D eigenvalue weighted by atomic mass is 9.97. The van der Waals surface area contributed by atoms with Crippen LogP contribution in [0.15, 0.2) is 53.5 Å². The third-order valence-corrected chi connectivity index (χ3v) is 5.41. The minimum Gasteiger partial charge on any atom is -0.497 e. The molecular weight excluding hydrogens is 378 g/mol. The number of aliphatic imine (C=N–C) groups is 1. The maximum absolute atomic E-state index is 12.8. The van der Waals surface area contributed by atoms with Gasteiger partial charge in [0.2, 0.25) is 0 Å². The van der Waals surface area contributed by atoms with E-state index in [1.54, 1.807) is 48.4 Å². The van der Waals surface area contributed by atoms with Gasteiger partial charge in [-0.3, -0.25) is 14.6 Å². The van der Waals surface area contributed by atoms with E-state index in [4.69, 9.17) is 21.3 Å². The first-order valence-corrected chi connectivity index (χ1v) is 9.49. The number of ether oxygens (including phenoxy) is 1. The second-order valence-corrected chi connectivity index (χ2v) is 7.42. The van der Waals surface area contributed by atoms with Crippen molar-refractivity contribution in [2.75, 3.05) is 20.2 Å². The predicted molar refractivity (Wildman–Crippen MR) is 107 cm³/mol. The van der Waals surface area contributed by atoms with Crippen molar-refractivity contribution < 1.29 is 14.3 Å². The minimum atomic E-state index is -0.653. The number of methoxy groups -OCH3 is 1. The van der Waals surface area contributed by atoms with Crippen molar-refractivity contribution in [3.63, 3.8) is 0 Å². The standard InChI is InChI=1S/C21H20ClN3O3/c1-28-17-7-3-5-15(13-17)20(27)25-10-8-21(9-11-25)23-18(19(26)24-21)14-4-2-6-16(22)12-14/h2-7,12-13H,8-11H2,1H3,(H,24,26). The summed E-state index contributed by atoms with van der Waals surface area (Å²) in [4.78, 5) is 31.8. The first kappa shape index (κ1) is 18.5. The number of rotatable bonds is 3. The maximum atomic E-state index is 12.8. The van der Waals surface area contributed by atoms with E-state index in [-0.39, 0.29) is 11.8 Å². The first-order chi connectivity index (χ1) is 13.5. The van der Waals surface area contributed by atoms with E-state index in [2.05, 4.69) is 5.32 Å². The van der Waals surface area contributed by atoms with Gasteiger partial charge in [-0.1, -0.05) is 29.8 Å². The zero-order chi connectivity index (χ0) is 19.7. The van der Waals surface area contributed by atoms with Crippen molar-refractivity contribution in [1.29, 1.82) is 0 Å². The fourth-order valence-electron chi connectivity index (χ4n) is 3.65. The summed E-state index contributed by atoms with van der Waals surface area (Å²) < 4.78 is 5.20. The molecule has 0 atom stereocenters. The van der Waals surface area contributed by atoms with Crippen LogP contribution in [-0.2, 0) is 4.79 Å². The smallest absolute Gasteiger partial charge is 0.272 e. The van der Waals surface area contributed by atoms with Crippen molar-refractivity contribution in [2.24, 2.45) is 4.99 Å².